The van der Waals surface area contributed by atoms with E-state index < -0.39 is 10.0 Å². The minimum Gasteiger partial charge on any atom is -0.337 e. The second-order valence-corrected chi connectivity index (χ2v) is 7.66. The molecule has 0 aromatic carbocycles. The molecule has 0 saturated heterocycles. The van der Waals surface area contributed by atoms with Crippen LogP contribution >= 0.6 is 0 Å². The maximum Gasteiger partial charge on any atom is 0.315 e. The van der Waals surface area contributed by atoms with Gasteiger partial charge in [-0.25, -0.2) is 13.2 Å². The Labute approximate surface area is 122 Å². The molecule has 1 aliphatic rings. The fourth-order valence-electron chi connectivity index (χ4n) is 2.58. The Morgan fingerprint density at radius 1 is 1.25 bits per heavy atom. The van der Waals surface area contributed by atoms with Crippen LogP contribution < -0.4 is 10.6 Å². The van der Waals surface area contributed by atoms with Gasteiger partial charge in [0.05, 0.1) is 6.26 Å². The van der Waals surface area contributed by atoms with Gasteiger partial charge in [-0.3, -0.25) is 0 Å². The predicted octanol–water partition coefficient (Wildman–Crippen LogP) is 1.29. The highest BCUT2D eigenvalue weighted by atomic mass is 32.2. The Balaban J connectivity index is 2.47. The summed E-state index contributed by atoms with van der Waals surface area (Å²) in [6.45, 7) is 4.44. The van der Waals surface area contributed by atoms with E-state index in [4.69, 9.17) is 0 Å². The Kier molecular flexibility index (Phi) is 6.75. The van der Waals surface area contributed by atoms with Crippen LogP contribution in [0.25, 0.3) is 0 Å². The quantitative estimate of drug-likeness (QED) is 0.776. The second kappa shape index (κ2) is 7.83. The molecule has 0 aromatic heterocycles. The molecule has 0 aromatic rings. The average Bonchev–Trinajstić information content (AvgIpc) is 2.33. The van der Waals surface area contributed by atoms with Crippen molar-refractivity contribution >= 4 is 16.1 Å². The van der Waals surface area contributed by atoms with E-state index in [-0.39, 0.29) is 18.1 Å². The number of nitrogens with zero attached hydrogens (tertiary/aromatic N) is 1. The lowest BCUT2D eigenvalue weighted by atomic mass is 9.95. The number of rotatable bonds is 6. The highest BCUT2D eigenvalue weighted by Crippen LogP contribution is 2.23. The molecule has 7 heteroatoms. The first-order chi connectivity index (χ1) is 9.30. The van der Waals surface area contributed by atoms with Crippen molar-refractivity contribution < 1.29 is 13.2 Å². The third-order valence-electron chi connectivity index (χ3n) is 3.45. The molecule has 0 heterocycles. The van der Waals surface area contributed by atoms with Crippen molar-refractivity contribution in [3.8, 4) is 0 Å². The Bertz CT molecular complexity index is 403. The topological polar surface area (TPSA) is 78.5 Å². The van der Waals surface area contributed by atoms with Crippen molar-refractivity contribution in [1.29, 1.82) is 0 Å². The highest BCUT2D eigenvalue weighted by Gasteiger charge is 2.27. The zero-order chi connectivity index (χ0) is 15.2. The molecule has 0 unspecified atom stereocenters. The monoisotopic (exact) mass is 305 g/mol. The van der Waals surface area contributed by atoms with Gasteiger partial charge in [-0.05, 0) is 26.7 Å². The van der Waals surface area contributed by atoms with Gasteiger partial charge in [0.15, 0.2) is 0 Å². The van der Waals surface area contributed by atoms with Gasteiger partial charge in [-0.15, -0.1) is 0 Å². The smallest absolute Gasteiger partial charge is 0.315 e. The summed E-state index contributed by atoms with van der Waals surface area (Å²) in [7, 11) is -3.22. The Morgan fingerprint density at radius 2 is 1.85 bits per heavy atom. The number of urea groups is 1. The summed E-state index contributed by atoms with van der Waals surface area (Å²) in [5.41, 5.74) is 0. The van der Waals surface area contributed by atoms with Crippen LogP contribution in [-0.4, -0.2) is 50.2 Å². The molecule has 20 heavy (non-hydrogen) atoms. The number of hydrogen-bond acceptors (Lipinski definition) is 3. The van der Waals surface area contributed by atoms with Crippen molar-refractivity contribution in [2.75, 3.05) is 19.3 Å². The molecule has 0 aliphatic heterocycles. The summed E-state index contributed by atoms with van der Waals surface area (Å²) in [5.74, 6) is 0. The molecule has 1 rings (SSSR count). The highest BCUT2D eigenvalue weighted by molar-refractivity contribution is 7.88. The van der Waals surface area contributed by atoms with Crippen molar-refractivity contribution in [3.05, 3.63) is 0 Å². The maximum absolute atomic E-state index is 11.9. The van der Waals surface area contributed by atoms with Crippen molar-refractivity contribution in [2.24, 2.45) is 0 Å². The van der Waals surface area contributed by atoms with Crippen molar-refractivity contribution in [3.63, 3.8) is 0 Å². The van der Waals surface area contributed by atoms with Crippen LogP contribution in [0.3, 0.4) is 0 Å². The lowest BCUT2D eigenvalue weighted by Crippen LogP contribution is -2.47. The van der Waals surface area contributed by atoms with E-state index in [1.165, 1.54) is 12.7 Å². The molecular weight excluding hydrogens is 278 g/mol. The normalized spacial score (nSPS) is 17.4. The summed E-state index contributed by atoms with van der Waals surface area (Å²) in [6, 6.07) is -0.0924. The molecule has 0 bridgehead atoms. The first-order valence-electron chi connectivity index (χ1n) is 7.32. The molecular formula is C13H27N3O3S. The molecule has 1 saturated carbocycles. The third kappa shape index (κ3) is 6.09. The molecule has 1 fully saturated rings. The second-order valence-electron chi connectivity index (χ2n) is 5.72. The van der Waals surface area contributed by atoms with Crippen LogP contribution in [-0.2, 0) is 10.0 Å². The molecule has 2 amide bonds. The third-order valence-corrected chi connectivity index (χ3v) is 4.78. The minimum absolute atomic E-state index is 0.0688. The molecule has 118 valence electrons. The Morgan fingerprint density at radius 3 is 2.35 bits per heavy atom. The van der Waals surface area contributed by atoms with E-state index in [1.807, 2.05) is 13.8 Å². The van der Waals surface area contributed by atoms with Crippen molar-refractivity contribution in [2.45, 2.75) is 58.0 Å². The molecule has 0 atom stereocenters. The number of carbonyl (C=O) groups is 1. The van der Waals surface area contributed by atoms with Gasteiger partial charge in [0, 0.05) is 25.2 Å². The summed E-state index contributed by atoms with van der Waals surface area (Å²) < 4.78 is 25.3. The number of nitrogens with one attached hydrogen (secondary N) is 2. The number of amides is 2. The molecule has 0 radical (unpaired) electrons. The number of carbonyl (C=O) groups excluding carboxylic acids is 1. The van der Waals surface area contributed by atoms with Gasteiger partial charge in [0.25, 0.3) is 0 Å². The van der Waals surface area contributed by atoms with Gasteiger partial charge in [-0.2, -0.15) is 4.31 Å². The molecule has 2 N–H and O–H groups in total. The predicted molar refractivity (Wildman–Crippen MR) is 80.1 cm³/mol. The van der Waals surface area contributed by atoms with Crippen molar-refractivity contribution in [1.82, 2.24) is 14.9 Å². The minimum atomic E-state index is -3.22. The van der Waals surface area contributed by atoms with Crippen LogP contribution in [0, 0.1) is 0 Å². The lowest BCUT2D eigenvalue weighted by molar-refractivity contribution is 0.231. The molecule has 6 nitrogen and oxygen atoms in total. The maximum atomic E-state index is 11.9. The van der Waals surface area contributed by atoms with Gasteiger partial charge in [-0.1, -0.05) is 19.3 Å². The van der Waals surface area contributed by atoms with Gasteiger partial charge in [0.2, 0.25) is 10.0 Å². The first-order valence-corrected chi connectivity index (χ1v) is 9.16. The number of sulfonamides is 1. The summed E-state index contributed by atoms with van der Waals surface area (Å²) in [5, 5.41) is 5.42. The SMILES string of the molecule is CC(C)NC(=O)NCCN(C1CCCCC1)S(C)(=O)=O. The number of hydrogen-bond donors (Lipinski definition) is 2. The van der Waals surface area contributed by atoms with Crippen LogP contribution in [0.4, 0.5) is 4.79 Å². The van der Waals surface area contributed by atoms with Gasteiger partial charge >= 0.3 is 6.03 Å². The Hall–Kier alpha value is -0.820. The van der Waals surface area contributed by atoms with Crippen LogP contribution in [0.1, 0.15) is 46.0 Å². The van der Waals surface area contributed by atoms with E-state index in [0.29, 0.717) is 13.1 Å². The largest absolute Gasteiger partial charge is 0.337 e. The summed E-state index contributed by atoms with van der Waals surface area (Å²) >= 11 is 0. The van der Waals surface area contributed by atoms with Crippen LogP contribution in [0.15, 0.2) is 0 Å². The van der Waals surface area contributed by atoms with E-state index in [9.17, 15) is 13.2 Å². The standard InChI is InChI=1S/C13H27N3O3S/c1-11(2)15-13(17)14-9-10-16(20(3,18)19)12-7-5-4-6-8-12/h11-12H,4-10H2,1-3H3,(H2,14,15,17). The summed E-state index contributed by atoms with van der Waals surface area (Å²) in [6.07, 6.45) is 6.44. The van der Waals surface area contributed by atoms with E-state index in [1.54, 1.807) is 4.31 Å². The fourth-order valence-corrected chi connectivity index (χ4v) is 3.76. The summed E-state index contributed by atoms with van der Waals surface area (Å²) in [4.78, 5) is 11.5. The van der Waals surface area contributed by atoms with Crippen LogP contribution in [0.2, 0.25) is 0 Å². The zero-order valence-corrected chi connectivity index (χ0v) is 13.5. The first kappa shape index (κ1) is 17.2. The van der Waals surface area contributed by atoms with Gasteiger partial charge < -0.3 is 10.6 Å². The van der Waals surface area contributed by atoms with E-state index in [0.717, 1.165) is 25.7 Å². The van der Waals surface area contributed by atoms with Crippen LogP contribution in [0.5, 0.6) is 0 Å². The molecule has 0 spiro atoms. The molecule has 1 aliphatic carbocycles. The van der Waals surface area contributed by atoms with E-state index >= 15 is 0 Å². The fraction of sp³-hybridized carbons (Fsp3) is 0.923. The zero-order valence-electron chi connectivity index (χ0n) is 12.7. The lowest BCUT2D eigenvalue weighted by Gasteiger charge is -2.32. The average molecular weight is 305 g/mol. The van der Waals surface area contributed by atoms with E-state index in [2.05, 4.69) is 10.6 Å². The van der Waals surface area contributed by atoms with Gasteiger partial charge in [0.1, 0.15) is 0 Å².